The number of carbonyl (C=O) groups is 1. The molecule has 0 aliphatic heterocycles. The Hall–Kier alpha value is -0.240. The first-order chi connectivity index (χ1) is 6.84. The largest absolute Gasteiger partial charge is 0.298 e. The number of thioether (sulfide) groups is 1. The van der Waals surface area contributed by atoms with Crippen LogP contribution in [0.4, 0.5) is 0 Å². The number of carbonyl (C=O) groups excluding carboxylic acids is 1. The highest BCUT2D eigenvalue weighted by Gasteiger charge is 2.22. The highest BCUT2D eigenvalue weighted by atomic mass is 32.2. The summed E-state index contributed by atoms with van der Waals surface area (Å²) < 4.78 is 0. The summed E-state index contributed by atoms with van der Waals surface area (Å²) in [5, 5.41) is 0.143. The molecular weight excluding hydrogens is 204 g/mol. The van der Waals surface area contributed by atoms with Gasteiger partial charge in [-0.3, -0.25) is 4.79 Å². The van der Waals surface area contributed by atoms with Crippen molar-refractivity contribution in [3.8, 4) is 0 Å². The second-order valence-corrected chi connectivity index (χ2v) is 6.13. The van der Waals surface area contributed by atoms with Gasteiger partial charge in [0, 0.05) is 12.2 Å². The van der Waals surface area contributed by atoms with Crippen LogP contribution in [0.3, 0.4) is 0 Å². The molecule has 0 aromatic rings. The van der Waals surface area contributed by atoms with Crippen LogP contribution in [0.1, 0.15) is 41.0 Å². The second kappa shape index (κ2) is 7.10. The van der Waals surface area contributed by atoms with Crippen LogP contribution < -0.4 is 0 Å². The third-order valence-electron chi connectivity index (χ3n) is 2.04. The van der Waals surface area contributed by atoms with E-state index in [4.69, 9.17) is 0 Å². The third-order valence-corrected chi connectivity index (χ3v) is 3.87. The molecular formula is C13H24OS. The van der Waals surface area contributed by atoms with Gasteiger partial charge in [-0.05, 0) is 18.8 Å². The van der Waals surface area contributed by atoms with Crippen molar-refractivity contribution in [1.29, 1.82) is 0 Å². The van der Waals surface area contributed by atoms with E-state index in [0.29, 0.717) is 24.0 Å². The molecule has 0 aromatic heterocycles. The van der Waals surface area contributed by atoms with Crippen molar-refractivity contribution in [3.05, 3.63) is 12.2 Å². The van der Waals surface area contributed by atoms with E-state index in [1.807, 2.05) is 6.92 Å². The van der Waals surface area contributed by atoms with Crippen molar-refractivity contribution in [1.82, 2.24) is 0 Å². The van der Waals surface area contributed by atoms with E-state index in [1.54, 1.807) is 11.8 Å². The van der Waals surface area contributed by atoms with Crippen LogP contribution in [0.25, 0.3) is 0 Å². The number of rotatable bonds is 7. The Bertz CT molecular complexity index is 219. The van der Waals surface area contributed by atoms with Gasteiger partial charge in [0.05, 0.1) is 5.25 Å². The Morgan fingerprint density at radius 1 is 1.27 bits per heavy atom. The fourth-order valence-electron chi connectivity index (χ4n) is 1.41. The van der Waals surface area contributed by atoms with Crippen molar-refractivity contribution in [2.45, 2.75) is 46.3 Å². The van der Waals surface area contributed by atoms with E-state index < -0.39 is 0 Å². The van der Waals surface area contributed by atoms with E-state index >= 15 is 0 Å². The molecule has 0 aliphatic rings. The van der Waals surface area contributed by atoms with E-state index in [-0.39, 0.29) is 5.25 Å². The normalized spacial score (nSPS) is 13.3. The maximum atomic E-state index is 12.0. The maximum absolute atomic E-state index is 12.0. The lowest BCUT2D eigenvalue weighted by Crippen LogP contribution is -2.25. The smallest absolute Gasteiger partial charge is 0.146 e. The summed E-state index contributed by atoms with van der Waals surface area (Å²) in [6.45, 7) is 14.3. The zero-order valence-electron chi connectivity index (χ0n) is 10.7. The molecule has 0 saturated carbocycles. The van der Waals surface area contributed by atoms with Crippen LogP contribution in [0.15, 0.2) is 12.2 Å². The highest BCUT2D eigenvalue weighted by Crippen LogP contribution is 2.24. The lowest BCUT2D eigenvalue weighted by molar-refractivity contribution is -0.119. The first-order valence-electron chi connectivity index (χ1n) is 5.63. The lowest BCUT2D eigenvalue weighted by atomic mass is 9.99. The fourth-order valence-corrected chi connectivity index (χ4v) is 2.54. The zero-order valence-corrected chi connectivity index (χ0v) is 11.5. The molecule has 1 atom stereocenters. The average Bonchev–Trinajstić information content (AvgIpc) is 2.01. The van der Waals surface area contributed by atoms with Gasteiger partial charge in [-0.25, -0.2) is 0 Å². The molecule has 0 fully saturated rings. The van der Waals surface area contributed by atoms with Gasteiger partial charge in [0.15, 0.2) is 0 Å². The van der Waals surface area contributed by atoms with Crippen molar-refractivity contribution in [2.75, 3.05) is 5.75 Å². The lowest BCUT2D eigenvalue weighted by Gasteiger charge is -2.20. The molecule has 0 amide bonds. The van der Waals surface area contributed by atoms with Crippen LogP contribution in [-0.2, 0) is 4.79 Å². The van der Waals surface area contributed by atoms with Crippen LogP contribution in [0, 0.1) is 11.8 Å². The summed E-state index contributed by atoms with van der Waals surface area (Å²) in [5.74, 6) is 2.17. The standard InChI is InChI=1S/C13H24OS/c1-9(2)7-12(14)13(11(5)6)15-8-10(3)4/h9,11,13H,3,7-8H2,1-2,4-6H3. The minimum absolute atomic E-state index is 0.143. The van der Waals surface area contributed by atoms with E-state index in [9.17, 15) is 4.79 Å². The number of ketones is 1. The molecule has 0 saturated heterocycles. The van der Waals surface area contributed by atoms with Gasteiger partial charge in [0.1, 0.15) is 5.78 Å². The predicted molar refractivity (Wildman–Crippen MR) is 70.4 cm³/mol. The Kier molecular flexibility index (Phi) is 6.99. The molecule has 0 heterocycles. The maximum Gasteiger partial charge on any atom is 0.146 e. The van der Waals surface area contributed by atoms with E-state index in [0.717, 1.165) is 11.3 Å². The molecule has 1 nitrogen and oxygen atoms in total. The van der Waals surface area contributed by atoms with E-state index in [2.05, 4.69) is 34.3 Å². The first kappa shape index (κ1) is 14.8. The molecule has 0 spiro atoms. The molecule has 0 aromatic carbocycles. The van der Waals surface area contributed by atoms with Crippen molar-refractivity contribution in [3.63, 3.8) is 0 Å². The van der Waals surface area contributed by atoms with Gasteiger partial charge < -0.3 is 0 Å². The van der Waals surface area contributed by atoms with Gasteiger partial charge in [-0.1, -0.05) is 39.8 Å². The number of hydrogen-bond acceptors (Lipinski definition) is 2. The predicted octanol–water partition coefficient (Wildman–Crippen LogP) is 3.94. The molecule has 1 unspecified atom stereocenters. The van der Waals surface area contributed by atoms with Gasteiger partial charge in [-0.15, -0.1) is 11.8 Å². The van der Waals surface area contributed by atoms with Crippen LogP contribution >= 0.6 is 11.8 Å². The van der Waals surface area contributed by atoms with Gasteiger partial charge in [0.2, 0.25) is 0 Å². The van der Waals surface area contributed by atoms with Gasteiger partial charge >= 0.3 is 0 Å². The minimum atomic E-state index is 0.143. The first-order valence-corrected chi connectivity index (χ1v) is 6.68. The zero-order chi connectivity index (χ0) is 12.0. The second-order valence-electron chi connectivity index (χ2n) is 5.00. The molecule has 0 aliphatic carbocycles. The van der Waals surface area contributed by atoms with Crippen molar-refractivity contribution >= 4 is 17.5 Å². The number of Topliss-reactive ketones (excluding diaryl/α,β-unsaturated/α-hetero) is 1. The topological polar surface area (TPSA) is 17.1 Å². The summed E-state index contributed by atoms with van der Waals surface area (Å²) in [6, 6.07) is 0. The molecule has 15 heavy (non-hydrogen) atoms. The Balaban J connectivity index is 4.25. The highest BCUT2D eigenvalue weighted by molar-refractivity contribution is 8.00. The van der Waals surface area contributed by atoms with Crippen LogP contribution in [0.5, 0.6) is 0 Å². The SMILES string of the molecule is C=C(C)CSC(C(=O)CC(C)C)C(C)C. The van der Waals surface area contributed by atoms with Crippen molar-refractivity contribution in [2.24, 2.45) is 11.8 Å². The summed E-state index contributed by atoms with van der Waals surface area (Å²) in [6.07, 6.45) is 0.700. The molecule has 0 N–H and O–H groups in total. The van der Waals surface area contributed by atoms with Crippen LogP contribution in [0.2, 0.25) is 0 Å². The summed E-state index contributed by atoms with van der Waals surface area (Å²) >= 11 is 1.74. The Morgan fingerprint density at radius 3 is 2.13 bits per heavy atom. The Labute approximate surface area is 98.7 Å². The van der Waals surface area contributed by atoms with Gasteiger partial charge in [0.25, 0.3) is 0 Å². The molecule has 0 bridgehead atoms. The van der Waals surface area contributed by atoms with Crippen molar-refractivity contribution < 1.29 is 4.79 Å². The van der Waals surface area contributed by atoms with E-state index in [1.165, 1.54) is 0 Å². The average molecular weight is 228 g/mol. The summed E-state index contributed by atoms with van der Waals surface area (Å²) in [7, 11) is 0. The molecule has 2 heteroatoms. The molecule has 88 valence electrons. The molecule has 0 rings (SSSR count). The van der Waals surface area contributed by atoms with Gasteiger partial charge in [-0.2, -0.15) is 0 Å². The quantitative estimate of drug-likeness (QED) is 0.614. The molecule has 0 radical (unpaired) electrons. The fraction of sp³-hybridized carbons (Fsp3) is 0.769. The van der Waals surface area contributed by atoms with Crippen LogP contribution in [-0.4, -0.2) is 16.8 Å². The Morgan fingerprint density at radius 2 is 1.80 bits per heavy atom. The summed E-state index contributed by atoms with van der Waals surface area (Å²) in [4.78, 5) is 12.0. The third kappa shape index (κ3) is 6.77. The summed E-state index contributed by atoms with van der Waals surface area (Å²) in [5.41, 5.74) is 1.14. The number of hydrogen-bond donors (Lipinski definition) is 0. The minimum Gasteiger partial charge on any atom is -0.298 e. The monoisotopic (exact) mass is 228 g/mol.